The summed E-state index contributed by atoms with van der Waals surface area (Å²) in [6, 6.07) is 0. The highest BCUT2D eigenvalue weighted by Crippen LogP contribution is 2.00. The van der Waals surface area contributed by atoms with E-state index in [9.17, 15) is 4.79 Å². The summed E-state index contributed by atoms with van der Waals surface area (Å²) in [7, 11) is 3.65. The van der Waals surface area contributed by atoms with Crippen molar-refractivity contribution in [1.29, 1.82) is 0 Å². The Labute approximate surface area is 82.2 Å². The Morgan fingerprint density at radius 1 is 1.58 bits per heavy atom. The summed E-state index contributed by atoms with van der Waals surface area (Å²) in [5, 5.41) is 8.93. The van der Waals surface area contributed by atoms with Crippen LogP contribution in [0.25, 0.3) is 0 Å². The average Bonchev–Trinajstić information content (AvgIpc) is 1.86. The van der Waals surface area contributed by atoms with Crippen LogP contribution in [0.4, 0.5) is 0 Å². The van der Waals surface area contributed by atoms with E-state index >= 15 is 0 Å². The molecule has 0 aliphatic carbocycles. The van der Waals surface area contributed by atoms with Crippen molar-refractivity contribution >= 4 is 22.9 Å². The third-order valence-corrected chi connectivity index (χ3v) is 2.08. The fraction of sp³-hybridized carbons (Fsp3) is 0.667. The predicted molar refractivity (Wildman–Crippen MR) is 46.0 cm³/mol. The number of halogens is 1. The Bertz CT molecular complexity index is 180. The summed E-state index contributed by atoms with van der Waals surface area (Å²) in [6.07, 6.45) is 0.152. The van der Waals surface area contributed by atoms with E-state index in [0.29, 0.717) is 10.9 Å². The van der Waals surface area contributed by atoms with E-state index < -0.39 is 5.97 Å². The van der Waals surface area contributed by atoms with Gasteiger partial charge in [0.15, 0.2) is 0 Å². The van der Waals surface area contributed by atoms with Crippen LogP contribution in [-0.4, -0.2) is 40.7 Å². The maximum atomic E-state index is 10.1. The van der Waals surface area contributed by atoms with Gasteiger partial charge in [-0.1, -0.05) is 0 Å². The molecule has 72 valence electrons. The van der Waals surface area contributed by atoms with Crippen LogP contribution in [0.5, 0.6) is 0 Å². The van der Waals surface area contributed by atoms with Crippen molar-refractivity contribution in [3.8, 4) is 0 Å². The zero-order valence-electron chi connectivity index (χ0n) is 7.08. The summed E-state index contributed by atoms with van der Waals surface area (Å²) >= 11 is 1.35. The minimum absolute atomic E-state index is 0. The van der Waals surface area contributed by atoms with Crippen molar-refractivity contribution in [2.75, 3.05) is 19.8 Å². The van der Waals surface area contributed by atoms with E-state index in [4.69, 9.17) is 10.8 Å². The molecule has 0 radical (unpaired) electrons. The number of amidine groups is 1. The van der Waals surface area contributed by atoms with Gasteiger partial charge < -0.3 is 17.5 Å². The van der Waals surface area contributed by atoms with E-state index in [1.54, 1.807) is 4.58 Å². The summed E-state index contributed by atoms with van der Waals surface area (Å²) in [6.45, 7) is 0. The molecule has 0 unspecified atom stereocenters. The summed E-state index contributed by atoms with van der Waals surface area (Å²) in [4.78, 5) is 10.1. The van der Waals surface area contributed by atoms with E-state index in [1.165, 1.54) is 11.8 Å². The molecule has 0 spiro atoms. The largest absolute Gasteiger partial charge is 1.00 e. The van der Waals surface area contributed by atoms with Gasteiger partial charge in [0, 0.05) is 5.75 Å². The van der Waals surface area contributed by atoms with E-state index in [-0.39, 0.29) is 18.8 Å². The van der Waals surface area contributed by atoms with Crippen molar-refractivity contribution in [2.45, 2.75) is 6.42 Å². The average molecular weight is 213 g/mol. The van der Waals surface area contributed by atoms with Gasteiger partial charge in [-0.2, -0.15) is 0 Å². The van der Waals surface area contributed by atoms with Gasteiger partial charge in [-0.3, -0.25) is 15.1 Å². The number of thioether (sulfide) groups is 1. The van der Waals surface area contributed by atoms with E-state index in [0.717, 1.165) is 0 Å². The molecule has 3 N–H and O–H groups in total. The monoisotopic (exact) mass is 212 g/mol. The number of hydrogen-bond acceptors (Lipinski definition) is 2. The number of carboxylic acids is 1. The molecule has 0 atom stereocenters. The highest BCUT2D eigenvalue weighted by atomic mass is 35.5. The van der Waals surface area contributed by atoms with Crippen LogP contribution in [0.15, 0.2) is 0 Å². The smallest absolute Gasteiger partial charge is 0.304 e. The number of nitrogens with two attached hydrogens (primary N) is 1. The number of hydrogen-bond donors (Lipinski definition) is 2. The van der Waals surface area contributed by atoms with E-state index in [1.807, 2.05) is 14.1 Å². The van der Waals surface area contributed by atoms with Gasteiger partial charge in [0.1, 0.15) is 0 Å². The maximum absolute atomic E-state index is 10.1. The molecule has 0 aliphatic rings. The van der Waals surface area contributed by atoms with Crippen molar-refractivity contribution in [3.05, 3.63) is 0 Å². The molecule has 0 saturated carbocycles. The number of nitrogens with zero attached hydrogens (tertiary/aromatic N) is 1. The predicted octanol–water partition coefficient (Wildman–Crippen LogP) is -3.21. The minimum atomic E-state index is -0.788. The van der Waals surface area contributed by atoms with Gasteiger partial charge in [0.05, 0.1) is 20.5 Å². The first-order valence-corrected chi connectivity index (χ1v) is 4.17. The molecule has 0 fully saturated rings. The molecule has 6 heteroatoms. The van der Waals surface area contributed by atoms with Crippen molar-refractivity contribution in [2.24, 2.45) is 5.73 Å². The molecule has 0 aliphatic heterocycles. The lowest BCUT2D eigenvalue weighted by Gasteiger charge is -1.95. The van der Waals surface area contributed by atoms with Crippen LogP contribution in [0, 0.1) is 0 Å². The zero-order valence-corrected chi connectivity index (χ0v) is 8.65. The Kier molecular flexibility index (Phi) is 8.52. The zero-order chi connectivity index (χ0) is 8.85. The molecule has 0 rings (SSSR count). The lowest BCUT2D eigenvalue weighted by molar-refractivity contribution is -0.462. The Hall–Kier alpha value is -0.420. The standard InChI is InChI=1S/C6H12N2O2S.ClH/c1-8(2)6(7)11-4-3-5(9)10;/h7H,3-4H2,1-2H3,(H,9,10);1H. The first kappa shape index (κ1) is 14.1. The van der Waals surface area contributed by atoms with Crippen molar-refractivity contribution < 1.29 is 26.9 Å². The SMILES string of the molecule is C[N+](C)=C(N)SCCC(=O)O.[Cl-]. The summed E-state index contributed by atoms with van der Waals surface area (Å²) in [5.74, 6) is -0.261. The molecule has 0 saturated heterocycles. The Morgan fingerprint density at radius 3 is 2.42 bits per heavy atom. The molecular weight excluding hydrogens is 200 g/mol. The van der Waals surface area contributed by atoms with Crippen LogP contribution >= 0.6 is 11.8 Å². The second-order valence-corrected chi connectivity index (χ2v) is 3.34. The summed E-state index contributed by atoms with van der Waals surface area (Å²) in [5.41, 5.74) is 5.52. The van der Waals surface area contributed by atoms with Crippen molar-refractivity contribution in [1.82, 2.24) is 0 Å². The maximum Gasteiger partial charge on any atom is 0.304 e. The topological polar surface area (TPSA) is 66.3 Å². The van der Waals surface area contributed by atoms with Gasteiger partial charge in [-0.05, 0) is 11.8 Å². The third-order valence-electron chi connectivity index (χ3n) is 1.01. The second kappa shape index (κ2) is 7.24. The third kappa shape index (κ3) is 7.68. The molecule has 12 heavy (non-hydrogen) atoms. The normalized spacial score (nSPS) is 8.50. The van der Waals surface area contributed by atoms with Crippen molar-refractivity contribution in [3.63, 3.8) is 0 Å². The first-order chi connectivity index (χ1) is 5.04. The highest BCUT2D eigenvalue weighted by Gasteiger charge is 2.03. The summed E-state index contributed by atoms with van der Waals surface area (Å²) < 4.78 is 1.76. The quantitative estimate of drug-likeness (QED) is 0.294. The molecule has 0 heterocycles. The number of rotatable bonds is 3. The van der Waals surface area contributed by atoms with Crippen LogP contribution in [0.2, 0.25) is 0 Å². The molecule has 0 amide bonds. The van der Waals surface area contributed by atoms with Gasteiger partial charge in [0.25, 0.3) is 0 Å². The number of aliphatic carboxylic acids is 1. The van der Waals surface area contributed by atoms with Crippen LogP contribution < -0.4 is 18.1 Å². The fourth-order valence-electron chi connectivity index (χ4n) is 0.372. The fourth-order valence-corrected chi connectivity index (χ4v) is 1.12. The van der Waals surface area contributed by atoms with Gasteiger partial charge in [-0.25, -0.2) is 0 Å². The molecule has 0 aromatic carbocycles. The number of carboxylic acid groups (broad SMARTS) is 1. The van der Waals surface area contributed by atoms with Gasteiger partial charge >= 0.3 is 11.1 Å². The lowest BCUT2D eigenvalue weighted by Crippen LogP contribution is -3.00. The number of carbonyl (C=O) groups is 1. The Balaban J connectivity index is 0. The van der Waals surface area contributed by atoms with Gasteiger partial charge in [-0.15, -0.1) is 0 Å². The molecule has 0 bridgehead atoms. The van der Waals surface area contributed by atoms with Crippen LogP contribution in [0.3, 0.4) is 0 Å². The Morgan fingerprint density at radius 2 is 2.08 bits per heavy atom. The lowest BCUT2D eigenvalue weighted by atomic mass is 10.5. The second-order valence-electron chi connectivity index (χ2n) is 2.22. The van der Waals surface area contributed by atoms with E-state index in [2.05, 4.69) is 0 Å². The van der Waals surface area contributed by atoms with Crippen LogP contribution in [0.1, 0.15) is 6.42 Å². The first-order valence-electron chi connectivity index (χ1n) is 3.18. The molecular formula is C6H13ClN2O2S. The molecule has 0 aromatic rings. The molecule has 0 aromatic heterocycles. The minimum Gasteiger partial charge on any atom is -1.00 e. The van der Waals surface area contributed by atoms with Crippen LogP contribution in [-0.2, 0) is 4.79 Å². The molecule has 4 nitrogen and oxygen atoms in total. The highest BCUT2D eigenvalue weighted by molar-refractivity contribution is 8.13. The van der Waals surface area contributed by atoms with Gasteiger partial charge in [0.2, 0.25) is 0 Å².